The lowest BCUT2D eigenvalue weighted by Crippen LogP contribution is -2.34. The molecule has 0 aliphatic carbocycles. The first-order chi connectivity index (χ1) is 7.33. The van der Waals surface area contributed by atoms with E-state index in [1.807, 2.05) is 0 Å². The third kappa shape index (κ3) is 2.89. The van der Waals surface area contributed by atoms with Gasteiger partial charge < -0.3 is 5.73 Å². The summed E-state index contributed by atoms with van der Waals surface area (Å²) in [5.74, 6) is 0. The highest BCUT2D eigenvalue weighted by Crippen LogP contribution is 2.20. The molecule has 0 fully saturated rings. The molecule has 0 saturated heterocycles. The minimum absolute atomic E-state index is 0.307. The summed E-state index contributed by atoms with van der Waals surface area (Å²) in [4.78, 5) is 10.1. The molecule has 0 radical (unpaired) electrons. The topological polar surface area (TPSA) is 89.3 Å². The van der Waals surface area contributed by atoms with Crippen LogP contribution in [0.25, 0.3) is 0 Å². The maximum absolute atomic E-state index is 12.2. The lowest BCUT2D eigenvalue weighted by atomic mass is 10.2. The fourth-order valence-corrected chi connectivity index (χ4v) is 1.86. The third-order valence-corrected chi connectivity index (χ3v) is 3.04. The minimum Gasteiger partial charge on any atom is -0.351 e. The van der Waals surface area contributed by atoms with E-state index in [0.29, 0.717) is 0 Å². The summed E-state index contributed by atoms with van der Waals surface area (Å²) in [6.07, 6.45) is -2.68. The number of carbonyl (C=O) groups excluding carboxylic acids is 1. The summed E-state index contributed by atoms with van der Waals surface area (Å²) >= 11 is 0. The Labute approximate surface area is 90.3 Å². The van der Waals surface area contributed by atoms with Crippen LogP contribution in [0.15, 0.2) is 29.2 Å². The molecule has 16 heavy (non-hydrogen) atoms. The summed E-state index contributed by atoms with van der Waals surface area (Å²) in [6.45, 7) is 0. The first kappa shape index (κ1) is 12.4. The van der Waals surface area contributed by atoms with E-state index in [2.05, 4.69) is 5.73 Å². The van der Waals surface area contributed by atoms with Gasteiger partial charge in [-0.15, -0.1) is 0 Å². The minimum atomic E-state index is -4.07. The van der Waals surface area contributed by atoms with Gasteiger partial charge in [-0.25, -0.2) is 26.7 Å². The Bertz CT molecular complexity index is 485. The van der Waals surface area contributed by atoms with Crippen LogP contribution < -0.4 is 10.5 Å². The largest absolute Gasteiger partial charge is 0.351 e. The molecule has 88 valence electrons. The molecule has 0 heterocycles. The van der Waals surface area contributed by atoms with Crippen molar-refractivity contribution in [3.8, 4) is 0 Å². The van der Waals surface area contributed by atoms with E-state index in [0.717, 1.165) is 24.3 Å². The van der Waals surface area contributed by atoms with E-state index in [-0.39, 0.29) is 10.5 Å². The molecule has 0 aliphatic heterocycles. The second-order valence-corrected chi connectivity index (χ2v) is 4.52. The number of nitrogens with one attached hydrogen (secondary N) is 1. The molecule has 0 aromatic heterocycles. The molecular formula is C8H8F2N2O3S. The Morgan fingerprint density at radius 3 is 2.12 bits per heavy atom. The highest BCUT2D eigenvalue weighted by atomic mass is 32.2. The van der Waals surface area contributed by atoms with Gasteiger partial charge in [0, 0.05) is 5.56 Å². The molecule has 3 N–H and O–H groups in total. The average Bonchev–Trinajstić information content (AvgIpc) is 2.16. The lowest BCUT2D eigenvalue weighted by molar-refractivity contribution is 0.151. The summed E-state index contributed by atoms with van der Waals surface area (Å²) in [5.41, 5.74) is 4.34. The fourth-order valence-electron chi connectivity index (χ4n) is 0.984. The Morgan fingerprint density at radius 2 is 1.75 bits per heavy atom. The SMILES string of the molecule is NC(=O)NS(=O)(=O)c1ccc(C(F)F)cc1. The number of hydrogen-bond donors (Lipinski definition) is 2. The van der Waals surface area contributed by atoms with Crippen LogP contribution >= 0.6 is 0 Å². The zero-order valence-electron chi connectivity index (χ0n) is 7.85. The number of carbonyl (C=O) groups is 1. The van der Waals surface area contributed by atoms with Gasteiger partial charge in [-0.1, -0.05) is 12.1 Å². The van der Waals surface area contributed by atoms with E-state index in [1.54, 1.807) is 0 Å². The van der Waals surface area contributed by atoms with E-state index >= 15 is 0 Å². The van der Waals surface area contributed by atoms with E-state index < -0.39 is 22.5 Å². The second-order valence-electron chi connectivity index (χ2n) is 2.84. The summed E-state index contributed by atoms with van der Waals surface area (Å²) < 4.78 is 48.5. The number of urea groups is 1. The molecule has 1 aromatic rings. The number of alkyl halides is 2. The van der Waals surface area contributed by atoms with Crippen molar-refractivity contribution in [2.24, 2.45) is 5.73 Å². The van der Waals surface area contributed by atoms with Crippen LogP contribution in [0.3, 0.4) is 0 Å². The number of halogens is 2. The normalized spacial score (nSPS) is 11.4. The Balaban J connectivity index is 3.02. The lowest BCUT2D eigenvalue weighted by Gasteiger charge is -2.05. The summed E-state index contributed by atoms with van der Waals surface area (Å²) in [6, 6.07) is 2.61. The van der Waals surface area contributed by atoms with Crippen LogP contribution in [-0.4, -0.2) is 14.4 Å². The van der Waals surface area contributed by atoms with Crippen molar-refractivity contribution < 1.29 is 22.0 Å². The highest BCUT2D eigenvalue weighted by molar-refractivity contribution is 7.90. The molecule has 0 saturated carbocycles. The van der Waals surface area contributed by atoms with Crippen LogP contribution in [0.4, 0.5) is 13.6 Å². The van der Waals surface area contributed by atoms with Crippen LogP contribution in [0, 0.1) is 0 Å². The second kappa shape index (κ2) is 4.44. The van der Waals surface area contributed by atoms with Gasteiger partial charge in [-0.05, 0) is 12.1 Å². The summed E-state index contributed by atoms with van der Waals surface area (Å²) in [7, 11) is -4.07. The molecule has 5 nitrogen and oxygen atoms in total. The molecular weight excluding hydrogens is 242 g/mol. The van der Waals surface area contributed by atoms with Crippen LogP contribution in [0.1, 0.15) is 12.0 Å². The van der Waals surface area contributed by atoms with Gasteiger partial charge in [0.1, 0.15) is 0 Å². The Hall–Kier alpha value is -1.70. The van der Waals surface area contributed by atoms with Gasteiger partial charge in [0.05, 0.1) is 4.90 Å². The third-order valence-electron chi connectivity index (χ3n) is 1.68. The molecule has 0 unspecified atom stereocenters. The smallest absolute Gasteiger partial charge is 0.326 e. The zero-order chi connectivity index (χ0) is 12.3. The number of sulfonamides is 1. The highest BCUT2D eigenvalue weighted by Gasteiger charge is 2.16. The van der Waals surface area contributed by atoms with E-state index in [9.17, 15) is 22.0 Å². The quantitative estimate of drug-likeness (QED) is 0.838. The fraction of sp³-hybridized carbons (Fsp3) is 0.125. The molecule has 0 bridgehead atoms. The molecule has 1 rings (SSSR count). The zero-order valence-corrected chi connectivity index (χ0v) is 8.67. The van der Waals surface area contributed by atoms with E-state index in [4.69, 9.17) is 0 Å². The van der Waals surface area contributed by atoms with Crippen molar-refractivity contribution in [1.29, 1.82) is 0 Å². The van der Waals surface area contributed by atoms with Gasteiger partial charge in [-0.3, -0.25) is 0 Å². The number of benzene rings is 1. The number of amides is 2. The maximum atomic E-state index is 12.2. The van der Waals surface area contributed by atoms with Crippen molar-refractivity contribution in [3.05, 3.63) is 29.8 Å². The van der Waals surface area contributed by atoms with Crippen LogP contribution in [0.2, 0.25) is 0 Å². The van der Waals surface area contributed by atoms with Crippen molar-refractivity contribution >= 4 is 16.1 Å². The standard InChI is InChI=1S/C8H8F2N2O3S/c9-7(10)5-1-3-6(4-2-5)16(14,15)12-8(11)13/h1-4,7H,(H3,11,12,13). The molecule has 8 heteroatoms. The number of hydrogen-bond acceptors (Lipinski definition) is 3. The van der Waals surface area contributed by atoms with Gasteiger partial charge in [-0.2, -0.15) is 0 Å². The van der Waals surface area contributed by atoms with E-state index in [1.165, 1.54) is 4.72 Å². The molecule has 0 aliphatic rings. The first-order valence-corrected chi connectivity index (χ1v) is 5.51. The van der Waals surface area contributed by atoms with Crippen LogP contribution in [-0.2, 0) is 10.0 Å². The van der Waals surface area contributed by atoms with Crippen molar-refractivity contribution in [2.75, 3.05) is 0 Å². The van der Waals surface area contributed by atoms with Gasteiger partial charge in [0.2, 0.25) is 0 Å². The maximum Gasteiger partial charge on any atom is 0.326 e. The molecule has 1 aromatic carbocycles. The molecule has 2 amide bonds. The molecule has 0 spiro atoms. The van der Waals surface area contributed by atoms with Crippen molar-refractivity contribution in [2.45, 2.75) is 11.3 Å². The monoisotopic (exact) mass is 250 g/mol. The summed E-state index contributed by atoms with van der Waals surface area (Å²) in [5, 5.41) is 0. The van der Waals surface area contributed by atoms with Crippen molar-refractivity contribution in [3.63, 3.8) is 0 Å². The van der Waals surface area contributed by atoms with Crippen LogP contribution in [0.5, 0.6) is 0 Å². The number of nitrogens with two attached hydrogens (primary N) is 1. The first-order valence-electron chi connectivity index (χ1n) is 4.03. The van der Waals surface area contributed by atoms with Crippen molar-refractivity contribution in [1.82, 2.24) is 4.72 Å². The predicted octanol–water partition coefficient (Wildman–Crippen LogP) is 0.981. The number of primary amides is 1. The molecule has 0 atom stereocenters. The Kier molecular flexibility index (Phi) is 3.43. The van der Waals surface area contributed by atoms with Gasteiger partial charge >= 0.3 is 6.03 Å². The Morgan fingerprint density at radius 1 is 1.25 bits per heavy atom. The van der Waals surface area contributed by atoms with Gasteiger partial charge in [0.15, 0.2) is 0 Å². The number of rotatable bonds is 3. The predicted molar refractivity (Wildman–Crippen MR) is 51.3 cm³/mol. The van der Waals surface area contributed by atoms with Gasteiger partial charge in [0.25, 0.3) is 16.4 Å². The average molecular weight is 250 g/mol.